The first-order chi connectivity index (χ1) is 7.15. The minimum Gasteiger partial charge on any atom is -0.477 e. The van der Waals surface area contributed by atoms with E-state index in [2.05, 4.69) is 16.5 Å². The van der Waals surface area contributed by atoms with Crippen LogP contribution in [0, 0.1) is 13.8 Å². The molecule has 4 heteroatoms. The van der Waals surface area contributed by atoms with E-state index in [1.54, 1.807) is 6.92 Å². The molecule has 1 rings (SSSR count). The van der Waals surface area contributed by atoms with E-state index in [9.17, 15) is 0 Å². The predicted molar refractivity (Wildman–Crippen MR) is 60.8 cm³/mol. The van der Waals surface area contributed by atoms with Gasteiger partial charge in [-0.05, 0) is 26.7 Å². The molecule has 0 fully saturated rings. The molecule has 0 unspecified atom stereocenters. The van der Waals surface area contributed by atoms with Gasteiger partial charge in [0.2, 0.25) is 5.88 Å². The maximum Gasteiger partial charge on any atom is 0.221 e. The Kier molecular flexibility index (Phi) is 4.09. The number of anilines is 1. The molecule has 0 saturated carbocycles. The molecule has 1 aromatic rings. The first-order valence-electron chi connectivity index (χ1n) is 4.99. The SMILES string of the molecule is C=CCCCOc1nc(C)nc(N)c1C. The lowest BCUT2D eigenvalue weighted by molar-refractivity contribution is 0.297. The van der Waals surface area contributed by atoms with Crippen LogP contribution in [0.15, 0.2) is 12.7 Å². The fourth-order valence-electron chi connectivity index (χ4n) is 1.16. The minimum absolute atomic E-state index is 0.487. The van der Waals surface area contributed by atoms with E-state index in [1.807, 2.05) is 13.0 Å². The molecule has 0 spiro atoms. The van der Waals surface area contributed by atoms with Crippen LogP contribution in [-0.2, 0) is 0 Å². The average Bonchev–Trinajstić information content (AvgIpc) is 2.19. The summed E-state index contributed by atoms with van der Waals surface area (Å²) in [6, 6.07) is 0. The van der Waals surface area contributed by atoms with Crippen molar-refractivity contribution in [2.24, 2.45) is 0 Å². The Morgan fingerprint density at radius 2 is 2.13 bits per heavy atom. The van der Waals surface area contributed by atoms with E-state index in [-0.39, 0.29) is 0 Å². The minimum atomic E-state index is 0.487. The van der Waals surface area contributed by atoms with Crippen LogP contribution in [0.25, 0.3) is 0 Å². The van der Waals surface area contributed by atoms with E-state index in [0.29, 0.717) is 24.1 Å². The van der Waals surface area contributed by atoms with Gasteiger partial charge in [-0.3, -0.25) is 0 Å². The van der Waals surface area contributed by atoms with E-state index in [1.165, 1.54) is 0 Å². The summed E-state index contributed by atoms with van der Waals surface area (Å²) in [6.07, 6.45) is 3.75. The standard InChI is InChI=1S/C11H17N3O/c1-4-5-6-7-15-11-8(2)10(12)13-9(3)14-11/h4H,1,5-7H2,2-3H3,(H2,12,13,14). The molecular weight excluding hydrogens is 190 g/mol. The van der Waals surface area contributed by atoms with Gasteiger partial charge in [-0.2, -0.15) is 4.98 Å². The highest BCUT2D eigenvalue weighted by molar-refractivity contribution is 5.44. The summed E-state index contributed by atoms with van der Waals surface area (Å²) in [6.45, 7) is 7.93. The summed E-state index contributed by atoms with van der Waals surface area (Å²) in [7, 11) is 0. The molecule has 0 aliphatic carbocycles. The van der Waals surface area contributed by atoms with Crippen molar-refractivity contribution in [2.75, 3.05) is 12.3 Å². The van der Waals surface area contributed by atoms with E-state index in [0.717, 1.165) is 18.4 Å². The molecule has 0 radical (unpaired) electrons. The van der Waals surface area contributed by atoms with Crippen LogP contribution in [0.5, 0.6) is 5.88 Å². The van der Waals surface area contributed by atoms with Crippen LogP contribution >= 0.6 is 0 Å². The van der Waals surface area contributed by atoms with Gasteiger partial charge in [0.25, 0.3) is 0 Å². The largest absolute Gasteiger partial charge is 0.477 e. The van der Waals surface area contributed by atoms with Crippen LogP contribution in [0.4, 0.5) is 5.82 Å². The highest BCUT2D eigenvalue weighted by Gasteiger charge is 2.06. The number of hydrogen-bond donors (Lipinski definition) is 1. The average molecular weight is 207 g/mol. The fourth-order valence-corrected chi connectivity index (χ4v) is 1.16. The highest BCUT2D eigenvalue weighted by Crippen LogP contribution is 2.19. The molecule has 0 aromatic carbocycles. The first kappa shape index (κ1) is 11.5. The van der Waals surface area contributed by atoms with Crippen molar-refractivity contribution in [1.29, 1.82) is 0 Å². The molecule has 0 atom stereocenters. The summed E-state index contributed by atoms with van der Waals surface area (Å²) in [4.78, 5) is 8.24. The van der Waals surface area contributed by atoms with Crippen LogP contribution in [0.1, 0.15) is 24.2 Å². The summed E-state index contributed by atoms with van der Waals surface area (Å²) in [5, 5.41) is 0. The number of ether oxygens (including phenoxy) is 1. The summed E-state index contributed by atoms with van der Waals surface area (Å²) in [5.74, 6) is 1.71. The molecule has 0 amide bonds. The number of nitrogens with zero attached hydrogens (tertiary/aromatic N) is 2. The lowest BCUT2D eigenvalue weighted by Crippen LogP contribution is -2.06. The van der Waals surface area contributed by atoms with Gasteiger partial charge in [-0.15, -0.1) is 6.58 Å². The third-order valence-corrected chi connectivity index (χ3v) is 2.04. The summed E-state index contributed by atoms with van der Waals surface area (Å²) >= 11 is 0. The van der Waals surface area contributed by atoms with Crippen LogP contribution < -0.4 is 10.5 Å². The van der Waals surface area contributed by atoms with Gasteiger partial charge < -0.3 is 10.5 Å². The number of aryl methyl sites for hydroxylation is 1. The molecule has 0 saturated heterocycles. The molecule has 4 nitrogen and oxygen atoms in total. The number of nitrogen functional groups attached to an aromatic ring is 1. The molecule has 15 heavy (non-hydrogen) atoms. The third-order valence-electron chi connectivity index (χ3n) is 2.04. The van der Waals surface area contributed by atoms with Crippen LogP contribution in [0.2, 0.25) is 0 Å². The van der Waals surface area contributed by atoms with Gasteiger partial charge in [0.1, 0.15) is 11.6 Å². The van der Waals surface area contributed by atoms with Crippen LogP contribution in [0.3, 0.4) is 0 Å². The van der Waals surface area contributed by atoms with Crippen molar-refractivity contribution in [2.45, 2.75) is 26.7 Å². The van der Waals surface area contributed by atoms with Crippen molar-refractivity contribution in [1.82, 2.24) is 9.97 Å². The fraction of sp³-hybridized carbons (Fsp3) is 0.455. The Balaban J connectivity index is 2.63. The van der Waals surface area contributed by atoms with E-state index < -0.39 is 0 Å². The quantitative estimate of drug-likeness (QED) is 0.592. The number of hydrogen-bond acceptors (Lipinski definition) is 4. The Morgan fingerprint density at radius 3 is 2.80 bits per heavy atom. The molecular formula is C11H17N3O. The number of unbranched alkanes of at least 4 members (excludes halogenated alkanes) is 1. The van der Waals surface area contributed by atoms with Gasteiger partial charge in [0.15, 0.2) is 0 Å². The Morgan fingerprint density at radius 1 is 1.40 bits per heavy atom. The lowest BCUT2D eigenvalue weighted by atomic mass is 10.3. The van der Waals surface area contributed by atoms with Crippen molar-refractivity contribution >= 4 is 5.82 Å². The normalized spacial score (nSPS) is 10.0. The topological polar surface area (TPSA) is 61.0 Å². The predicted octanol–water partition coefficient (Wildman–Crippen LogP) is 2.02. The van der Waals surface area contributed by atoms with Gasteiger partial charge in [0.05, 0.1) is 12.2 Å². The van der Waals surface area contributed by atoms with Crippen molar-refractivity contribution in [3.05, 3.63) is 24.0 Å². The van der Waals surface area contributed by atoms with Crippen molar-refractivity contribution in [3.63, 3.8) is 0 Å². The van der Waals surface area contributed by atoms with Gasteiger partial charge in [-0.25, -0.2) is 4.98 Å². The van der Waals surface area contributed by atoms with Gasteiger partial charge >= 0.3 is 0 Å². The molecule has 1 heterocycles. The van der Waals surface area contributed by atoms with Crippen LogP contribution in [-0.4, -0.2) is 16.6 Å². The molecule has 0 bridgehead atoms. The van der Waals surface area contributed by atoms with Gasteiger partial charge in [0, 0.05) is 0 Å². The maximum absolute atomic E-state index is 5.70. The van der Waals surface area contributed by atoms with E-state index >= 15 is 0 Å². The second-order valence-electron chi connectivity index (χ2n) is 3.37. The smallest absolute Gasteiger partial charge is 0.221 e. The van der Waals surface area contributed by atoms with Gasteiger partial charge in [-0.1, -0.05) is 6.08 Å². The maximum atomic E-state index is 5.70. The lowest BCUT2D eigenvalue weighted by Gasteiger charge is -2.09. The zero-order chi connectivity index (χ0) is 11.3. The Hall–Kier alpha value is -1.58. The van der Waals surface area contributed by atoms with Crippen molar-refractivity contribution < 1.29 is 4.74 Å². The van der Waals surface area contributed by atoms with E-state index in [4.69, 9.17) is 10.5 Å². The zero-order valence-corrected chi connectivity index (χ0v) is 9.29. The third kappa shape index (κ3) is 3.23. The Labute approximate surface area is 90.2 Å². The molecule has 2 N–H and O–H groups in total. The second-order valence-corrected chi connectivity index (χ2v) is 3.37. The summed E-state index contributed by atoms with van der Waals surface area (Å²) < 4.78 is 5.52. The monoisotopic (exact) mass is 207 g/mol. The summed E-state index contributed by atoms with van der Waals surface area (Å²) in [5.41, 5.74) is 6.51. The molecule has 82 valence electrons. The van der Waals surface area contributed by atoms with Crippen molar-refractivity contribution in [3.8, 4) is 5.88 Å². The number of rotatable bonds is 5. The zero-order valence-electron chi connectivity index (χ0n) is 9.29. The number of allylic oxidation sites excluding steroid dienone is 1. The highest BCUT2D eigenvalue weighted by atomic mass is 16.5. The molecule has 0 aliphatic heterocycles. The Bertz CT molecular complexity index is 350. The second kappa shape index (κ2) is 5.34. The number of aromatic nitrogens is 2. The molecule has 0 aliphatic rings. The number of nitrogens with two attached hydrogens (primary N) is 1. The molecule has 1 aromatic heterocycles. The first-order valence-corrected chi connectivity index (χ1v) is 4.99.